The largest absolute Gasteiger partial charge is 0.459 e. The van der Waals surface area contributed by atoms with E-state index < -0.39 is 5.72 Å². The minimum absolute atomic E-state index is 0.179. The van der Waals surface area contributed by atoms with Gasteiger partial charge in [-0.15, -0.1) is 0 Å². The highest BCUT2D eigenvalue weighted by Gasteiger charge is 2.61. The van der Waals surface area contributed by atoms with Crippen LogP contribution in [0, 0.1) is 0 Å². The average Bonchev–Trinajstić information content (AvgIpc) is 3.28. The van der Waals surface area contributed by atoms with Crippen LogP contribution in [0.1, 0.15) is 49.4 Å². The quantitative estimate of drug-likeness (QED) is 0.345. The van der Waals surface area contributed by atoms with E-state index in [0.29, 0.717) is 0 Å². The Morgan fingerprint density at radius 2 is 1.79 bits per heavy atom. The first kappa shape index (κ1) is 20.0. The zero-order valence-electron chi connectivity index (χ0n) is 20.1. The third-order valence-electron chi connectivity index (χ3n) is 8.31. The second kappa shape index (κ2) is 6.61. The van der Waals surface area contributed by atoms with E-state index in [1.54, 1.807) is 7.11 Å². The molecule has 0 bridgehead atoms. The SMILES string of the molecule is COC(C)N1c2ccccc2C(C)(C)C12C=Nc1cc3c4c(c1O2)CCC=C4c1ccccc1-3. The molecule has 1 spiro atoms. The topological polar surface area (TPSA) is 34.1 Å². The maximum absolute atomic E-state index is 7.21. The molecule has 0 saturated carbocycles. The Morgan fingerprint density at radius 1 is 1.03 bits per heavy atom. The zero-order chi connectivity index (χ0) is 23.2. The number of para-hydroxylation sites is 1. The van der Waals surface area contributed by atoms with E-state index in [2.05, 4.69) is 86.3 Å². The Bertz CT molecular complexity index is 1430. The molecule has 0 fully saturated rings. The lowest BCUT2D eigenvalue weighted by Crippen LogP contribution is -2.64. The van der Waals surface area contributed by atoms with Crippen molar-refractivity contribution in [2.24, 2.45) is 4.99 Å². The Morgan fingerprint density at radius 3 is 2.62 bits per heavy atom. The van der Waals surface area contributed by atoms with Crippen molar-refractivity contribution in [3.63, 3.8) is 0 Å². The van der Waals surface area contributed by atoms with Crippen LogP contribution >= 0.6 is 0 Å². The third-order valence-corrected chi connectivity index (χ3v) is 8.31. The molecular weight excluding hydrogens is 420 g/mol. The molecule has 4 nitrogen and oxygen atoms in total. The first-order chi connectivity index (χ1) is 16.5. The number of methoxy groups -OCH3 is 1. The van der Waals surface area contributed by atoms with Crippen LogP contribution in [0.2, 0.25) is 0 Å². The Hall–Kier alpha value is -3.37. The van der Waals surface area contributed by atoms with Crippen LogP contribution in [-0.2, 0) is 16.6 Å². The molecule has 170 valence electrons. The summed E-state index contributed by atoms with van der Waals surface area (Å²) in [4.78, 5) is 7.38. The van der Waals surface area contributed by atoms with Gasteiger partial charge in [0.2, 0.25) is 5.72 Å². The number of hydrogen-bond acceptors (Lipinski definition) is 4. The molecule has 34 heavy (non-hydrogen) atoms. The first-order valence-corrected chi connectivity index (χ1v) is 12.1. The van der Waals surface area contributed by atoms with Crippen LogP contribution in [0.15, 0.2) is 65.7 Å². The number of anilines is 1. The number of benzene rings is 3. The first-order valence-electron chi connectivity index (χ1n) is 12.1. The van der Waals surface area contributed by atoms with Gasteiger partial charge in [-0.25, -0.2) is 0 Å². The second-order valence-electron chi connectivity index (χ2n) is 10.2. The Labute approximate surface area is 200 Å². The molecular formula is C30H28N2O2. The molecule has 0 radical (unpaired) electrons. The molecule has 2 unspecified atom stereocenters. The van der Waals surface area contributed by atoms with Crippen molar-refractivity contribution in [3.05, 3.63) is 82.9 Å². The maximum atomic E-state index is 7.21. The van der Waals surface area contributed by atoms with Crippen LogP contribution in [-0.4, -0.2) is 25.3 Å². The van der Waals surface area contributed by atoms with Gasteiger partial charge in [-0.1, -0.05) is 48.5 Å². The number of rotatable bonds is 2. The fraction of sp³-hybridized carbons (Fsp3) is 0.300. The van der Waals surface area contributed by atoms with Crippen LogP contribution in [0.5, 0.6) is 5.75 Å². The normalized spacial score (nSPS) is 23.1. The summed E-state index contributed by atoms with van der Waals surface area (Å²) in [7, 11) is 1.76. The fourth-order valence-corrected chi connectivity index (χ4v) is 6.53. The monoisotopic (exact) mass is 448 g/mol. The van der Waals surface area contributed by atoms with Gasteiger partial charge in [0.05, 0.1) is 11.6 Å². The molecule has 2 atom stereocenters. The molecule has 3 aromatic carbocycles. The molecule has 0 N–H and O–H groups in total. The highest BCUT2D eigenvalue weighted by Crippen LogP contribution is 2.59. The summed E-state index contributed by atoms with van der Waals surface area (Å²) in [5.74, 6) is 0.925. The molecule has 2 heterocycles. The van der Waals surface area contributed by atoms with E-state index in [0.717, 1.165) is 30.0 Å². The summed E-state index contributed by atoms with van der Waals surface area (Å²) in [6.07, 6.45) is 6.20. The predicted octanol–water partition coefficient (Wildman–Crippen LogP) is 6.63. The van der Waals surface area contributed by atoms with Gasteiger partial charge in [-0.3, -0.25) is 4.99 Å². The van der Waals surface area contributed by atoms with Crippen LogP contribution in [0.4, 0.5) is 11.4 Å². The van der Waals surface area contributed by atoms with E-state index in [1.165, 1.54) is 39.0 Å². The van der Waals surface area contributed by atoms with Crippen LogP contribution in [0.25, 0.3) is 16.7 Å². The van der Waals surface area contributed by atoms with Crippen molar-refractivity contribution in [2.75, 3.05) is 12.0 Å². The van der Waals surface area contributed by atoms with Crippen molar-refractivity contribution in [1.29, 1.82) is 0 Å². The lowest BCUT2D eigenvalue weighted by molar-refractivity contribution is 0.0179. The number of fused-ring (bicyclic) bond motifs is 6. The summed E-state index contributed by atoms with van der Waals surface area (Å²) >= 11 is 0. The van der Waals surface area contributed by atoms with E-state index in [9.17, 15) is 0 Å². The van der Waals surface area contributed by atoms with Crippen molar-refractivity contribution < 1.29 is 9.47 Å². The molecule has 3 aromatic rings. The number of hydrogen-bond donors (Lipinski definition) is 0. The lowest BCUT2D eigenvalue weighted by Gasteiger charge is -2.48. The van der Waals surface area contributed by atoms with Gasteiger partial charge in [0.25, 0.3) is 0 Å². The zero-order valence-corrected chi connectivity index (χ0v) is 20.1. The summed E-state index contributed by atoms with van der Waals surface area (Å²) in [6.45, 7) is 6.59. The van der Waals surface area contributed by atoms with Gasteiger partial charge in [-0.05, 0) is 79.1 Å². The standard InChI is InChI=1S/C30H28N2O2/c1-18(33-4)32-26-15-8-7-14-24(26)29(2,3)30(32)17-31-25-16-23-20-11-6-5-10-19(20)21-12-9-13-22(27(21)23)28(25)34-30/h5-8,10-12,14-18H,9,13H2,1-4H3. The Balaban J connectivity index is 1.46. The number of ether oxygens (including phenoxy) is 2. The van der Waals surface area contributed by atoms with Gasteiger partial charge < -0.3 is 14.4 Å². The lowest BCUT2D eigenvalue weighted by atomic mass is 9.77. The molecule has 0 aromatic heterocycles. The Kier molecular flexibility index (Phi) is 3.89. The minimum atomic E-state index is -0.781. The molecule has 4 aliphatic rings. The van der Waals surface area contributed by atoms with E-state index in [-0.39, 0.29) is 11.6 Å². The summed E-state index contributed by atoms with van der Waals surface area (Å²) in [6, 6.07) is 19.5. The van der Waals surface area contributed by atoms with Crippen molar-refractivity contribution >= 4 is 23.2 Å². The average molecular weight is 449 g/mol. The molecule has 2 aliphatic heterocycles. The molecule has 4 heteroatoms. The number of nitrogens with zero attached hydrogens (tertiary/aromatic N) is 2. The van der Waals surface area contributed by atoms with E-state index >= 15 is 0 Å². The van der Waals surface area contributed by atoms with Gasteiger partial charge >= 0.3 is 0 Å². The number of aliphatic imine (C=N–C) groups is 1. The van der Waals surface area contributed by atoms with Crippen molar-refractivity contribution in [2.45, 2.75) is 51.0 Å². The number of allylic oxidation sites excluding steroid dienone is 1. The van der Waals surface area contributed by atoms with Gasteiger partial charge in [-0.2, -0.15) is 0 Å². The van der Waals surface area contributed by atoms with E-state index in [4.69, 9.17) is 14.5 Å². The minimum Gasteiger partial charge on any atom is -0.459 e. The van der Waals surface area contributed by atoms with Crippen LogP contribution < -0.4 is 9.64 Å². The molecule has 0 amide bonds. The smallest absolute Gasteiger partial charge is 0.230 e. The summed E-state index contributed by atoms with van der Waals surface area (Å²) in [5, 5.41) is 0. The molecule has 2 aliphatic carbocycles. The highest BCUT2D eigenvalue weighted by atomic mass is 16.5. The van der Waals surface area contributed by atoms with Crippen molar-refractivity contribution in [1.82, 2.24) is 0 Å². The predicted molar refractivity (Wildman–Crippen MR) is 137 cm³/mol. The summed E-state index contributed by atoms with van der Waals surface area (Å²) in [5.41, 5.74) is 10.1. The van der Waals surface area contributed by atoms with Crippen molar-refractivity contribution in [3.8, 4) is 16.9 Å². The molecule has 7 rings (SSSR count). The summed E-state index contributed by atoms with van der Waals surface area (Å²) < 4.78 is 13.1. The van der Waals surface area contributed by atoms with Gasteiger partial charge in [0.15, 0.2) is 5.75 Å². The molecule has 0 saturated heterocycles. The van der Waals surface area contributed by atoms with Crippen LogP contribution in [0.3, 0.4) is 0 Å². The fourth-order valence-electron chi connectivity index (χ4n) is 6.53. The van der Waals surface area contributed by atoms with Gasteiger partial charge in [0.1, 0.15) is 11.9 Å². The highest BCUT2D eigenvalue weighted by molar-refractivity contribution is 6.05. The van der Waals surface area contributed by atoms with E-state index in [1.807, 2.05) is 6.21 Å². The van der Waals surface area contributed by atoms with Gasteiger partial charge in [0, 0.05) is 18.4 Å². The third kappa shape index (κ3) is 2.25. The maximum Gasteiger partial charge on any atom is 0.230 e. The second-order valence-corrected chi connectivity index (χ2v) is 10.2.